The molecule has 3 aromatic rings. The highest BCUT2D eigenvalue weighted by Gasteiger charge is 2.26. The number of hydrogen-bond acceptors (Lipinski definition) is 7. The summed E-state index contributed by atoms with van der Waals surface area (Å²) in [5, 5.41) is 0. The summed E-state index contributed by atoms with van der Waals surface area (Å²) in [6.07, 6.45) is 3.56. The Kier molecular flexibility index (Phi) is 7.24. The number of halogens is 2. The van der Waals surface area contributed by atoms with Gasteiger partial charge < -0.3 is 19.3 Å². The van der Waals surface area contributed by atoms with Crippen LogP contribution in [0.1, 0.15) is 49.7 Å². The predicted molar refractivity (Wildman–Crippen MR) is 138 cm³/mol. The van der Waals surface area contributed by atoms with Crippen LogP contribution in [0.3, 0.4) is 0 Å². The van der Waals surface area contributed by atoms with E-state index in [1.54, 1.807) is 13.2 Å². The summed E-state index contributed by atoms with van der Waals surface area (Å²) in [4.78, 5) is 17.8. The minimum Gasteiger partial charge on any atom is -0.486 e. The quantitative estimate of drug-likeness (QED) is 0.472. The van der Waals surface area contributed by atoms with Crippen molar-refractivity contribution in [2.24, 2.45) is 0 Å². The molecule has 0 unspecified atom stereocenters. The number of nitrogens with zero attached hydrogens (tertiary/aromatic N) is 5. The Hall–Kier alpha value is -3.33. The summed E-state index contributed by atoms with van der Waals surface area (Å²) in [5.74, 6) is 0.467. The van der Waals surface area contributed by atoms with Crippen molar-refractivity contribution in [2.45, 2.75) is 45.1 Å². The highest BCUT2D eigenvalue weighted by Crippen LogP contribution is 2.39. The third-order valence-corrected chi connectivity index (χ3v) is 7.24. The number of fused-ring (bicyclic) bond motifs is 1. The molecule has 0 radical (unpaired) electrons. The zero-order valence-electron chi connectivity index (χ0n) is 21.8. The van der Waals surface area contributed by atoms with E-state index in [1.165, 1.54) is 6.07 Å². The van der Waals surface area contributed by atoms with Gasteiger partial charge in [0.2, 0.25) is 5.88 Å². The van der Waals surface area contributed by atoms with Gasteiger partial charge >= 0.3 is 0 Å². The molecule has 5 rings (SSSR count). The predicted octanol–water partition coefficient (Wildman–Crippen LogP) is 4.83. The summed E-state index contributed by atoms with van der Waals surface area (Å²) in [6, 6.07) is 7.18. The van der Waals surface area contributed by atoms with E-state index in [-0.39, 0.29) is 17.5 Å². The summed E-state index contributed by atoms with van der Waals surface area (Å²) in [5.41, 5.74) is 2.84. The number of aromatic nitrogens is 3. The minimum absolute atomic E-state index is 0.0518. The van der Waals surface area contributed by atoms with E-state index in [0.717, 1.165) is 43.4 Å². The normalized spacial score (nSPS) is 16.6. The number of methoxy groups -OCH3 is 1. The first kappa shape index (κ1) is 25.3. The fourth-order valence-corrected chi connectivity index (χ4v) is 5.21. The van der Waals surface area contributed by atoms with Crippen LogP contribution in [-0.4, -0.2) is 66.3 Å². The Morgan fingerprint density at radius 1 is 1.08 bits per heavy atom. The molecular formula is C28H33F2N5O2. The van der Waals surface area contributed by atoms with E-state index in [4.69, 9.17) is 14.5 Å². The maximum absolute atomic E-state index is 15.0. The second-order valence-electron chi connectivity index (χ2n) is 10.1. The van der Waals surface area contributed by atoms with Crippen molar-refractivity contribution < 1.29 is 18.3 Å². The molecule has 0 aliphatic carbocycles. The van der Waals surface area contributed by atoms with Gasteiger partial charge in [-0.15, -0.1) is 0 Å². The molecule has 1 fully saturated rings. The van der Waals surface area contributed by atoms with Crippen LogP contribution in [0.4, 0.5) is 14.5 Å². The first-order chi connectivity index (χ1) is 17.8. The maximum atomic E-state index is 15.0. The van der Waals surface area contributed by atoms with Crippen LogP contribution >= 0.6 is 0 Å². The zero-order chi connectivity index (χ0) is 26.1. The number of pyridine rings is 1. The van der Waals surface area contributed by atoms with Crippen molar-refractivity contribution in [3.63, 3.8) is 0 Å². The molecule has 2 aliphatic rings. The smallest absolute Gasteiger partial charge is 0.216 e. The van der Waals surface area contributed by atoms with Gasteiger partial charge in [0.15, 0.2) is 17.4 Å². The van der Waals surface area contributed by atoms with Gasteiger partial charge in [0.25, 0.3) is 0 Å². The molecule has 9 heteroatoms. The largest absolute Gasteiger partial charge is 0.486 e. The van der Waals surface area contributed by atoms with Crippen molar-refractivity contribution >= 4 is 5.69 Å². The summed E-state index contributed by atoms with van der Waals surface area (Å²) < 4.78 is 41.1. The Bertz CT molecular complexity index is 1280. The molecule has 0 spiro atoms. The van der Waals surface area contributed by atoms with E-state index in [1.807, 2.05) is 24.8 Å². The van der Waals surface area contributed by atoms with E-state index < -0.39 is 11.6 Å². The minimum atomic E-state index is -0.612. The SMILES string of the molecule is COc1nc(Cc2ncc(F)c(-c3cc(F)c4c(c3)N(C(C)C)CCO4)n2)ccc1C1CCN(C)CC1. The first-order valence-electron chi connectivity index (χ1n) is 12.8. The molecule has 1 saturated heterocycles. The van der Waals surface area contributed by atoms with Crippen molar-refractivity contribution in [3.05, 3.63) is 59.2 Å². The van der Waals surface area contributed by atoms with Gasteiger partial charge in [0, 0.05) is 17.2 Å². The molecular weight excluding hydrogens is 476 g/mol. The monoisotopic (exact) mass is 509 g/mol. The van der Waals surface area contributed by atoms with Gasteiger partial charge in [-0.05, 0) is 70.9 Å². The third kappa shape index (κ3) is 5.23. The summed E-state index contributed by atoms with van der Waals surface area (Å²) >= 11 is 0. The van der Waals surface area contributed by atoms with Crippen LogP contribution in [0, 0.1) is 11.6 Å². The molecule has 196 valence electrons. The Balaban J connectivity index is 1.43. The first-order valence-corrected chi connectivity index (χ1v) is 12.8. The highest BCUT2D eigenvalue weighted by atomic mass is 19.1. The Labute approximate surface area is 216 Å². The zero-order valence-corrected chi connectivity index (χ0v) is 21.8. The van der Waals surface area contributed by atoms with Gasteiger partial charge in [-0.3, -0.25) is 0 Å². The van der Waals surface area contributed by atoms with Crippen molar-refractivity contribution in [2.75, 3.05) is 45.3 Å². The van der Waals surface area contributed by atoms with E-state index >= 15 is 0 Å². The molecule has 0 atom stereocenters. The van der Waals surface area contributed by atoms with Crippen molar-refractivity contribution in [3.8, 4) is 22.9 Å². The van der Waals surface area contributed by atoms with Gasteiger partial charge in [-0.1, -0.05) is 6.07 Å². The van der Waals surface area contributed by atoms with Crippen LogP contribution < -0.4 is 14.4 Å². The third-order valence-electron chi connectivity index (χ3n) is 7.24. The molecule has 4 heterocycles. The number of rotatable bonds is 6. The summed E-state index contributed by atoms with van der Waals surface area (Å²) in [7, 11) is 3.77. The van der Waals surface area contributed by atoms with Gasteiger partial charge in [0.1, 0.15) is 18.1 Å². The molecule has 1 aromatic carbocycles. The molecule has 0 N–H and O–H groups in total. The Morgan fingerprint density at radius 2 is 1.86 bits per heavy atom. The lowest BCUT2D eigenvalue weighted by Crippen LogP contribution is -2.38. The second-order valence-corrected chi connectivity index (χ2v) is 10.1. The van der Waals surface area contributed by atoms with Crippen LogP contribution in [-0.2, 0) is 6.42 Å². The lowest BCUT2D eigenvalue weighted by Gasteiger charge is -2.34. The molecule has 37 heavy (non-hydrogen) atoms. The fraction of sp³-hybridized carbons (Fsp3) is 0.464. The molecule has 0 bridgehead atoms. The van der Waals surface area contributed by atoms with E-state index in [0.29, 0.717) is 48.4 Å². The van der Waals surface area contributed by atoms with Gasteiger partial charge in [-0.25, -0.2) is 23.7 Å². The number of ether oxygens (including phenoxy) is 2. The van der Waals surface area contributed by atoms with Crippen LogP contribution in [0.25, 0.3) is 11.3 Å². The highest BCUT2D eigenvalue weighted by molar-refractivity contribution is 5.72. The Morgan fingerprint density at radius 3 is 2.59 bits per heavy atom. The standard InChI is InChI=1S/C28H33F2N5O2/c1-17(2)35-11-12-37-27-22(29)13-19(14-24(27)35)26-23(30)16-31-25(33-26)15-20-5-6-21(28(32-20)36-4)18-7-9-34(3)10-8-18/h5-6,13-14,16-18H,7-12,15H2,1-4H3. The lowest BCUT2D eigenvalue weighted by atomic mass is 9.90. The molecule has 2 aliphatic heterocycles. The van der Waals surface area contributed by atoms with Crippen LogP contribution in [0.15, 0.2) is 30.5 Å². The molecule has 0 saturated carbocycles. The average Bonchev–Trinajstić information content (AvgIpc) is 2.90. The van der Waals surface area contributed by atoms with Gasteiger partial charge in [-0.2, -0.15) is 0 Å². The molecule has 7 nitrogen and oxygen atoms in total. The molecule has 0 amide bonds. The van der Waals surface area contributed by atoms with Crippen LogP contribution in [0.2, 0.25) is 0 Å². The number of anilines is 1. The fourth-order valence-electron chi connectivity index (χ4n) is 5.21. The van der Waals surface area contributed by atoms with Crippen molar-refractivity contribution in [1.82, 2.24) is 19.9 Å². The summed E-state index contributed by atoms with van der Waals surface area (Å²) in [6.45, 7) is 7.19. The maximum Gasteiger partial charge on any atom is 0.216 e. The van der Waals surface area contributed by atoms with E-state index in [2.05, 4.69) is 28.0 Å². The van der Waals surface area contributed by atoms with E-state index in [9.17, 15) is 8.78 Å². The average molecular weight is 510 g/mol. The van der Waals surface area contributed by atoms with Crippen molar-refractivity contribution in [1.29, 1.82) is 0 Å². The number of benzene rings is 1. The number of likely N-dealkylation sites (tertiary alicyclic amines) is 1. The second kappa shape index (κ2) is 10.6. The topological polar surface area (TPSA) is 63.6 Å². The number of hydrogen-bond donors (Lipinski definition) is 0. The van der Waals surface area contributed by atoms with Gasteiger partial charge in [0.05, 0.1) is 37.7 Å². The lowest BCUT2D eigenvalue weighted by molar-refractivity contribution is 0.251. The molecule has 2 aromatic heterocycles. The number of piperidine rings is 1. The van der Waals surface area contributed by atoms with Crippen LogP contribution in [0.5, 0.6) is 11.6 Å².